The number of nitrogens with one attached hydrogen (secondary N) is 1. The Bertz CT molecular complexity index is 534. The van der Waals surface area contributed by atoms with Crippen LogP contribution in [0.2, 0.25) is 0 Å². The van der Waals surface area contributed by atoms with Gasteiger partial charge in [0.15, 0.2) is 18.1 Å². The summed E-state index contributed by atoms with van der Waals surface area (Å²) in [6, 6.07) is 3.09. The van der Waals surface area contributed by atoms with Crippen LogP contribution in [0.3, 0.4) is 0 Å². The molecular formula is C12H13F3N2O4. The van der Waals surface area contributed by atoms with Crippen molar-refractivity contribution in [2.45, 2.75) is 12.7 Å². The lowest BCUT2D eigenvalue weighted by Crippen LogP contribution is -2.36. The van der Waals surface area contributed by atoms with Crippen molar-refractivity contribution in [2.24, 2.45) is 5.73 Å². The summed E-state index contributed by atoms with van der Waals surface area (Å²) in [7, 11) is 0. The number of nitrogens with two attached hydrogens (primary N) is 1. The Kier molecular flexibility index (Phi) is 4.41. The zero-order valence-electron chi connectivity index (χ0n) is 10.8. The lowest BCUT2D eigenvalue weighted by molar-refractivity contribution is -0.139. The molecule has 2 rings (SSSR count). The molecule has 3 N–H and O–H groups in total. The number of alkyl halides is 3. The molecule has 1 amide bonds. The Morgan fingerprint density at radius 2 is 2.00 bits per heavy atom. The van der Waals surface area contributed by atoms with Crippen molar-refractivity contribution < 1.29 is 32.2 Å². The van der Waals surface area contributed by atoms with Crippen molar-refractivity contribution in [3.8, 4) is 17.2 Å². The van der Waals surface area contributed by atoms with Gasteiger partial charge in [-0.2, -0.15) is 13.2 Å². The van der Waals surface area contributed by atoms with E-state index in [1.807, 2.05) is 0 Å². The van der Waals surface area contributed by atoms with E-state index in [2.05, 4.69) is 0 Å². The maximum atomic E-state index is 11.9. The second-order valence-corrected chi connectivity index (χ2v) is 4.20. The Morgan fingerprint density at radius 3 is 2.62 bits per heavy atom. The number of carbonyl (C=O) groups is 1. The summed E-state index contributed by atoms with van der Waals surface area (Å²) >= 11 is 0. The quantitative estimate of drug-likeness (QED) is 0.845. The Balaban J connectivity index is 1.95. The third-order valence-corrected chi connectivity index (χ3v) is 2.62. The van der Waals surface area contributed by atoms with Crippen LogP contribution in [0.25, 0.3) is 0 Å². The molecular weight excluding hydrogens is 293 g/mol. The van der Waals surface area contributed by atoms with Crippen LogP contribution in [0.15, 0.2) is 12.1 Å². The normalized spacial score (nSPS) is 13.1. The first kappa shape index (κ1) is 15.2. The van der Waals surface area contributed by atoms with Gasteiger partial charge in [0, 0.05) is 18.2 Å². The van der Waals surface area contributed by atoms with Crippen LogP contribution in [-0.4, -0.2) is 32.0 Å². The minimum Gasteiger partial charge on any atom is -0.483 e. The summed E-state index contributed by atoms with van der Waals surface area (Å²) in [6.07, 6.45) is -4.46. The molecule has 0 unspecified atom stereocenters. The molecule has 0 aromatic heterocycles. The molecule has 0 spiro atoms. The fourth-order valence-electron chi connectivity index (χ4n) is 1.65. The predicted octanol–water partition coefficient (Wildman–Crippen LogP) is 0.931. The minimum absolute atomic E-state index is 0.0644. The molecule has 1 aromatic carbocycles. The van der Waals surface area contributed by atoms with Gasteiger partial charge in [-0.1, -0.05) is 0 Å². The molecule has 9 heteroatoms. The molecule has 21 heavy (non-hydrogen) atoms. The van der Waals surface area contributed by atoms with Crippen LogP contribution in [0, 0.1) is 0 Å². The van der Waals surface area contributed by atoms with Crippen molar-refractivity contribution in [2.75, 3.05) is 19.9 Å². The highest BCUT2D eigenvalue weighted by atomic mass is 19.4. The number of fused-ring (bicyclic) bond motifs is 1. The third-order valence-electron chi connectivity index (χ3n) is 2.62. The van der Waals surface area contributed by atoms with Gasteiger partial charge < -0.3 is 25.3 Å². The molecule has 1 aliphatic heterocycles. The van der Waals surface area contributed by atoms with Gasteiger partial charge in [0.25, 0.3) is 5.91 Å². The highest BCUT2D eigenvalue weighted by molar-refractivity contribution is 5.77. The van der Waals surface area contributed by atoms with Gasteiger partial charge in [0.05, 0.1) is 0 Å². The summed E-state index contributed by atoms with van der Waals surface area (Å²) < 4.78 is 51.3. The number of halogens is 3. The highest BCUT2D eigenvalue weighted by Gasteiger charge is 2.27. The van der Waals surface area contributed by atoms with Crippen molar-refractivity contribution in [3.05, 3.63) is 17.7 Å². The molecule has 0 bridgehead atoms. The minimum atomic E-state index is -4.46. The monoisotopic (exact) mass is 306 g/mol. The van der Waals surface area contributed by atoms with E-state index < -0.39 is 25.2 Å². The van der Waals surface area contributed by atoms with Crippen LogP contribution in [0.4, 0.5) is 13.2 Å². The zero-order valence-corrected chi connectivity index (χ0v) is 10.8. The fraction of sp³-hybridized carbons (Fsp3) is 0.417. The summed E-state index contributed by atoms with van der Waals surface area (Å²) in [5.74, 6) is 0.319. The van der Waals surface area contributed by atoms with Gasteiger partial charge in [-0.05, 0) is 6.07 Å². The van der Waals surface area contributed by atoms with Crippen LogP contribution < -0.4 is 25.3 Å². The zero-order chi connectivity index (χ0) is 15.5. The average molecular weight is 306 g/mol. The predicted molar refractivity (Wildman–Crippen MR) is 65.0 cm³/mol. The number of benzene rings is 1. The van der Waals surface area contributed by atoms with Crippen LogP contribution in [0.1, 0.15) is 5.56 Å². The van der Waals surface area contributed by atoms with Crippen LogP contribution in [-0.2, 0) is 11.3 Å². The number of rotatable bonds is 5. The maximum Gasteiger partial charge on any atom is 0.405 e. The van der Waals surface area contributed by atoms with Gasteiger partial charge in [0.1, 0.15) is 12.3 Å². The topological polar surface area (TPSA) is 82.8 Å². The highest BCUT2D eigenvalue weighted by Crippen LogP contribution is 2.37. The molecule has 116 valence electrons. The maximum absolute atomic E-state index is 11.9. The van der Waals surface area contributed by atoms with Crippen LogP contribution >= 0.6 is 0 Å². The average Bonchev–Trinajstić information content (AvgIpc) is 2.87. The van der Waals surface area contributed by atoms with Gasteiger partial charge in [-0.25, -0.2) is 0 Å². The molecule has 0 fully saturated rings. The summed E-state index contributed by atoms with van der Waals surface area (Å²) in [4.78, 5) is 11.3. The van der Waals surface area contributed by atoms with Gasteiger partial charge in [-0.15, -0.1) is 0 Å². The third kappa shape index (κ3) is 4.15. The van der Waals surface area contributed by atoms with E-state index in [1.54, 1.807) is 11.4 Å². The van der Waals surface area contributed by atoms with E-state index in [1.165, 1.54) is 6.07 Å². The van der Waals surface area contributed by atoms with Crippen molar-refractivity contribution in [1.29, 1.82) is 0 Å². The standard InChI is InChI=1S/C12H13F3N2O4/c13-12(14,15)5-17-11(18)4-19-8-2-10-9(20-6-21-10)1-7(8)3-16/h1-2H,3-6,16H2,(H,17,18). The number of ether oxygens (including phenoxy) is 3. The molecule has 1 heterocycles. The van der Waals surface area contributed by atoms with E-state index in [4.69, 9.17) is 19.9 Å². The lowest BCUT2D eigenvalue weighted by Gasteiger charge is -2.12. The molecule has 0 saturated carbocycles. The molecule has 0 atom stereocenters. The Hall–Kier alpha value is -2.16. The van der Waals surface area contributed by atoms with Gasteiger partial charge in [0.2, 0.25) is 6.79 Å². The van der Waals surface area contributed by atoms with E-state index in [0.29, 0.717) is 17.1 Å². The summed E-state index contributed by atoms with van der Waals surface area (Å²) in [5.41, 5.74) is 6.10. The number of hydrogen-bond donors (Lipinski definition) is 2. The van der Waals surface area contributed by atoms with E-state index in [0.717, 1.165) is 0 Å². The second kappa shape index (κ2) is 6.08. The molecule has 0 saturated heterocycles. The molecule has 6 nitrogen and oxygen atoms in total. The Labute approximate surface area is 118 Å². The smallest absolute Gasteiger partial charge is 0.405 e. The van der Waals surface area contributed by atoms with Gasteiger partial charge in [-0.3, -0.25) is 4.79 Å². The van der Waals surface area contributed by atoms with Crippen molar-refractivity contribution in [3.63, 3.8) is 0 Å². The lowest BCUT2D eigenvalue weighted by atomic mass is 10.2. The van der Waals surface area contributed by atoms with E-state index in [9.17, 15) is 18.0 Å². The van der Waals surface area contributed by atoms with Gasteiger partial charge >= 0.3 is 6.18 Å². The SMILES string of the molecule is NCc1cc2c(cc1OCC(=O)NCC(F)(F)F)OCO2. The van der Waals surface area contributed by atoms with Crippen molar-refractivity contribution >= 4 is 5.91 Å². The summed E-state index contributed by atoms with van der Waals surface area (Å²) in [6.45, 7) is -1.77. The van der Waals surface area contributed by atoms with Crippen LogP contribution in [0.5, 0.6) is 17.2 Å². The fourth-order valence-corrected chi connectivity index (χ4v) is 1.65. The molecule has 1 aromatic rings. The second-order valence-electron chi connectivity index (χ2n) is 4.20. The van der Waals surface area contributed by atoms with E-state index in [-0.39, 0.29) is 19.1 Å². The molecule has 0 aliphatic carbocycles. The molecule has 0 radical (unpaired) electrons. The first-order valence-electron chi connectivity index (χ1n) is 5.98. The van der Waals surface area contributed by atoms with E-state index >= 15 is 0 Å². The number of amides is 1. The first-order chi connectivity index (χ1) is 9.89. The summed E-state index contributed by atoms with van der Waals surface area (Å²) in [5, 5.41) is 1.71. The van der Waals surface area contributed by atoms with Crippen molar-refractivity contribution in [1.82, 2.24) is 5.32 Å². The molecule has 1 aliphatic rings. The first-order valence-corrected chi connectivity index (χ1v) is 5.98. The number of carbonyl (C=O) groups excluding carboxylic acids is 1. The Morgan fingerprint density at radius 1 is 1.33 bits per heavy atom. The number of hydrogen-bond acceptors (Lipinski definition) is 5. The largest absolute Gasteiger partial charge is 0.483 e.